The van der Waals surface area contributed by atoms with Gasteiger partial charge in [0, 0.05) is 23.5 Å². The van der Waals surface area contributed by atoms with E-state index in [0.29, 0.717) is 40.9 Å². The van der Waals surface area contributed by atoms with Crippen LogP contribution < -0.4 is 15.6 Å². The van der Waals surface area contributed by atoms with Gasteiger partial charge < -0.3 is 15.0 Å². The molecule has 34 heavy (non-hydrogen) atoms. The van der Waals surface area contributed by atoms with E-state index in [-0.39, 0.29) is 16.3 Å². The molecule has 2 atom stereocenters. The van der Waals surface area contributed by atoms with Gasteiger partial charge in [-0.15, -0.1) is 0 Å². The summed E-state index contributed by atoms with van der Waals surface area (Å²) in [5.41, 5.74) is 2.98. The fourth-order valence-electron chi connectivity index (χ4n) is 4.91. The number of nitrogens with zero attached hydrogens (tertiary/aromatic N) is 1. The van der Waals surface area contributed by atoms with E-state index in [4.69, 9.17) is 16.3 Å². The second-order valence-corrected chi connectivity index (χ2v) is 9.58. The Morgan fingerprint density at radius 2 is 1.82 bits per heavy atom. The third-order valence-electron chi connectivity index (χ3n) is 6.52. The molecule has 2 heterocycles. The molecular weight excluding hydrogens is 454 g/mol. The number of pyridine rings is 1. The zero-order chi connectivity index (χ0) is 24.4. The number of hydrogen-bond acceptors (Lipinski definition) is 5. The minimum Gasteiger partial charge on any atom is -0.492 e. The van der Waals surface area contributed by atoms with E-state index < -0.39 is 4.92 Å². The molecule has 4 rings (SSSR count). The van der Waals surface area contributed by atoms with Crippen LogP contribution >= 0.6 is 11.6 Å². The van der Waals surface area contributed by atoms with E-state index in [0.717, 1.165) is 36.0 Å². The van der Waals surface area contributed by atoms with E-state index in [1.54, 1.807) is 0 Å². The summed E-state index contributed by atoms with van der Waals surface area (Å²) in [5, 5.41) is 15.7. The molecule has 0 unspecified atom stereocenters. The number of halogens is 1. The Morgan fingerprint density at radius 3 is 2.50 bits per heavy atom. The molecule has 0 spiro atoms. The number of nitrogens with one attached hydrogen (secondary N) is 2. The number of nitro groups is 1. The highest BCUT2D eigenvalue weighted by molar-refractivity contribution is 6.33. The van der Waals surface area contributed by atoms with Crippen molar-refractivity contribution in [2.45, 2.75) is 65.0 Å². The molecule has 0 radical (unpaired) electrons. The molecule has 1 fully saturated rings. The Morgan fingerprint density at radius 1 is 1.12 bits per heavy atom. The summed E-state index contributed by atoms with van der Waals surface area (Å²) in [6.45, 7) is 6.51. The van der Waals surface area contributed by atoms with Gasteiger partial charge in [0.05, 0.1) is 22.6 Å². The maximum atomic E-state index is 13.2. The predicted molar refractivity (Wildman–Crippen MR) is 136 cm³/mol. The number of H-pyrrole nitrogens is 1. The van der Waals surface area contributed by atoms with E-state index in [1.165, 1.54) is 25.0 Å². The Bertz CT molecular complexity index is 1270. The van der Waals surface area contributed by atoms with Crippen LogP contribution in [0.25, 0.3) is 22.0 Å². The van der Waals surface area contributed by atoms with Gasteiger partial charge in [-0.05, 0) is 51.2 Å². The lowest BCUT2D eigenvalue weighted by Gasteiger charge is -2.30. The number of hydrogen-bond donors (Lipinski definition) is 2. The Kier molecular flexibility index (Phi) is 7.24. The first-order chi connectivity index (χ1) is 16.3. The third-order valence-corrected chi connectivity index (χ3v) is 6.83. The van der Waals surface area contributed by atoms with Crippen LogP contribution in [0.4, 0.5) is 5.69 Å². The lowest BCUT2D eigenvalue weighted by atomic mass is 9.95. The number of aromatic amines is 1. The molecule has 2 aromatic carbocycles. The maximum absolute atomic E-state index is 13.2. The van der Waals surface area contributed by atoms with Gasteiger partial charge in [-0.25, -0.2) is 0 Å². The topological polar surface area (TPSA) is 97.3 Å². The normalized spacial score (nSPS) is 18.2. The van der Waals surface area contributed by atoms with Crippen LogP contribution in [0.3, 0.4) is 0 Å². The fourth-order valence-corrected chi connectivity index (χ4v) is 5.14. The highest BCUT2D eigenvalue weighted by Crippen LogP contribution is 2.38. The second kappa shape index (κ2) is 10.2. The molecule has 0 saturated carbocycles. The molecule has 1 aromatic heterocycles. The summed E-state index contributed by atoms with van der Waals surface area (Å²) < 4.78 is 6.29. The van der Waals surface area contributed by atoms with Crippen molar-refractivity contribution >= 4 is 28.2 Å². The zero-order valence-electron chi connectivity index (χ0n) is 19.7. The molecule has 180 valence electrons. The van der Waals surface area contributed by atoms with Crippen molar-refractivity contribution in [2.24, 2.45) is 0 Å². The molecule has 1 aliphatic heterocycles. The van der Waals surface area contributed by atoms with Gasteiger partial charge in [0.1, 0.15) is 10.8 Å². The van der Waals surface area contributed by atoms with Gasteiger partial charge in [-0.3, -0.25) is 14.9 Å². The quantitative estimate of drug-likeness (QED) is 0.314. The fraction of sp³-hybridized carbons (Fsp3) is 0.423. The molecule has 0 aliphatic carbocycles. The highest BCUT2D eigenvalue weighted by atomic mass is 35.5. The van der Waals surface area contributed by atoms with Crippen LogP contribution in [0.1, 0.15) is 50.2 Å². The largest absolute Gasteiger partial charge is 0.492 e. The summed E-state index contributed by atoms with van der Waals surface area (Å²) in [6.07, 6.45) is 5.33. The first-order valence-electron chi connectivity index (χ1n) is 11.8. The van der Waals surface area contributed by atoms with Crippen LogP contribution in [0, 0.1) is 24.0 Å². The van der Waals surface area contributed by atoms with E-state index in [2.05, 4.69) is 17.2 Å². The van der Waals surface area contributed by atoms with Gasteiger partial charge in [0.25, 0.3) is 11.2 Å². The van der Waals surface area contributed by atoms with Crippen molar-refractivity contribution in [1.82, 2.24) is 10.3 Å². The van der Waals surface area contributed by atoms with E-state index in [1.807, 2.05) is 32.0 Å². The van der Waals surface area contributed by atoms with Crippen molar-refractivity contribution in [3.8, 4) is 16.9 Å². The second-order valence-electron chi connectivity index (χ2n) is 9.18. The standard InChI is InChI=1S/C26H30ClN3O4/c1-4-18-6-5-7-19(28-18)8-9-34-25-20-13-23(30(32)33)21(27)14-22(20)29-26(31)24(25)17-11-15(2)10-16(3)12-17/h10-14,18-19,28H,4-9H2,1-3H3,(H,29,31)/t18-,19-/m0/s1. The van der Waals surface area contributed by atoms with E-state index in [9.17, 15) is 14.9 Å². The van der Waals surface area contributed by atoms with Crippen LogP contribution in [-0.4, -0.2) is 28.6 Å². The molecule has 8 heteroatoms. The minimum atomic E-state index is -0.524. The highest BCUT2D eigenvalue weighted by Gasteiger charge is 2.23. The molecule has 7 nitrogen and oxygen atoms in total. The predicted octanol–water partition coefficient (Wildman–Crippen LogP) is 6.06. The lowest BCUT2D eigenvalue weighted by Crippen LogP contribution is -2.42. The number of ether oxygens (including phenoxy) is 1. The Hall–Kier alpha value is -2.90. The summed E-state index contributed by atoms with van der Waals surface area (Å²) in [7, 11) is 0. The van der Waals surface area contributed by atoms with Crippen molar-refractivity contribution < 1.29 is 9.66 Å². The molecule has 0 bridgehead atoms. The number of aryl methyl sites for hydroxylation is 2. The first kappa shape index (κ1) is 24.2. The lowest BCUT2D eigenvalue weighted by molar-refractivity contribution is -0.384. The Balaban J connectivity index is 1.79. The van der Waals surface area contributed by atoms with Crippen LogP contribution in [0.5, 0.6) is 5.75 Å². The SMILES string of the molecule is CC[C@H]1CCC[C@@H](CCOc2c(-c3cc(C)cc(C)c3)c(=O)[nH]c3cc(Cl)c([N+](=O)[O-])cc23)N1. The minimum absolute atomic E-state index is 0.0322. The summed E-state index contributed by atoms with van der Waals surface area (Å²) in [5.74, 6) is 0.353. The van der Waals surface area contributed by atoms with Crippen LogP contribution in [0.15, 0.2) is 35.1 Å². The maximum Gasteiger partial charge on any atom is 0.288 e. The van der Waals surface area contributed by atoms with Crippen molar-refractivity contribution in [2.75, 3.05) is 6.61 Å². The number of rotatable bonds is 7. The van der Waals surface area contributed by atoms with Crippen molar-refractivity contribution in [3.05, 3.63) is 66.9 Å². The van der Waals surface area contributed by atoms with Gasteiger partial charge in [0.15, 0.2) is 0 Å². The molecule has 3 aromatic rings. The van der Waals surface area contributed by atoms with Crippen molar-refractivity contribution in [3.63, 3.8) is 0 Å². The zero-order valence-corrected chi connectivity index (χ0v) is 20.5. The summed E-state index contributed by atoms with van der Waals surface area (Å²) in [4.78, 5) is 27.1. The molecule has 1 aliphatic rings. The van der Waals surface area contributed by atoms with Crippen LogP contribution in [0.2, 0.25) is 5.02 Å². The molecular formula is C26H30ClN3O4. The third kappa shape index (κ3) is 5.10. The number of nitro benzene ring substituents is 1. The van der Waals surface area contributed by atoms with Gasteiger partial charge in [0.2, 0.25) is 0 Å². The van der Waals surface area contributed by atoms with Crippen molar-refractivity contribution in [1.29, 1.82) is 0 Å². The first-order valence-corrected chi connectivity index (χ1v) is 12.2. The Labute approximate surface area is 203 Å². The molecule has 1 saturated heterocycles. The van der Waals surface area contributed by atoms with Gasteiger partial charge in [-0.2, -0.15) is 0 Å². The number of fused-ring (bicyclic) bond motifs is 1. The summed E-state index contributed by atoms with van der Waals surface area (Å²) in [6, 6.07) is 9.56. The average Bonchev–Trinajstić information content (AvgIpc) is 2.77. The monoisotopic (exact) mass is 483 g/mol. The smallest absolute Gasteiger partial charge is 0.288 e. The molecule has 0 amide bonds. The van der Waals surface area contributed by atoms with Gasteiger partial charge in [-0.1, -0.05) is 54.3 Å². The van der Waals surface area contributed by atoms with E-state index >= 15 is 0 Å². The van der Waals surface area contributed by atoms with Gasteiger partial charge >= 0.3 is 0 Å². The average molecular weight is 484 g/mol. The number of benzene rings is 2. The summed E-state index contributed by atoms with van der Waals surface area (Å²) >= 11 is 6.12. The van der Waals surface area contributed by atoms with Crippen LogP contribution in [-0.2, 0) is 0 Å². The number of aromatic nitrogens is 1. The molecule has 2 N–H and O–H groups in total. The number of piperidine rings is 1.